The van der Waals surface area contributed by atoms with Crippen LogP contribution in [0, 0.1) is 0 Å². The molecule has 1 aromatic rings. The maximum absolute atomic E-state index is 11.5. The topological polar surface area (TPSA) is 58.6 Å². The van der Waals surface area contributed by atoms with Crippen LogP contribution >= 0.6 is 0 Å². The fraction of sp³-hybridized carbons (Fsp3) is 0.417. The molecule has 1 aromatic carbocycles. The number of aliphatic hydroxyl groups is 1. The second-order valence-corrected chi connectivity index (χ2v) is 3.97. The summed E-state index contributed by atoms with van der Waals surface area (Å²) in [7, 11) is 0. The first-order chi connectivity index (χ1) is 7.43. The number of anilines is 1. The van der Waals surface area contributed by atoms with Crippen molar-refractivity contribution >= 4 is 11.6 Å². The van der Waals surface area contributed by atoms with Gasteiger partial charge < -0.3 is 15.2 Å². The van der Waals surface area contributed by atoms with E-state index in [-0.39, 0.29) is 0 Å². The molecule has 0 fully saturated rings. The molecule has 88 valence electrons. The maximum Gasteiger partial charge on any atom is 0.255 e. The lowest BCUT2D eigenvalue weighted by Crippen LogP contribution is -2.36. The van der Waals surface area contributed by atoms with Crippen LogP contribution in [-0.4, -0.2) is 23.2 Å². The molecule has 0 aliphatic carbocycles. The molecule has 0 atom stereocenters. The molecule has 2 N–H and O–H groups in total. The lowest BCUT2D eigenvalue weighted by atomic mass is 10.1. The highest BCUT2D eigenvalue weighted by atomic mass is 16.5. The Hall–Kier alpha value is -1.55. The number of carbonyl (C=O) groups excluding carboxylic acids is 1. The highest BCUT2D eigenvalue weighted by molar-refractivity contribution is 5.96. The lowest BCUT2D eigenvalue weighted by Gasteiger charge is -2.16. The number of amides is 1. The molecule has 0 spiro atoms. The van der Waals surface area contributed by atoms with Gasteiger partial charge in [0.25, 0.3) is 5.91 Å². The van der Waals surface area contributed by atoms with Crippen molar-refractivity contribution in [2.75, 3.05) is 11.9 Å². The molecule has 4 heteroatoms. The molecule has 1 amide bonds. The van der Waals surface area contributed by atoms with Gasteiger partial charge in [-0.2, -0.15) is 0 Å². The summed E-state index contributed by atoms with van der Waals surface area (Å²) in [4.78, 5) is 11.5. The smallest absolute Gasteiger partial charge is 0.255 e. The van der Waals surface area contributed by atoms with Crippen molar-refractivity contribution in [2.24, 2.45) is 0 Å². The monoisotopic (exact) mass is 223 g/mol. The third-order valence-corrected chi connectivity index (χ3v) is 1.96. The van der Waals surface area contributed by atoms with Gasteiger partial charge >= 0.3 is 0 Å². The molecule has 4 nitrogen and oxygen atoms in total. The van der Waals surface area contributed by atoms with Gasteiger partial charge in [0.05, 0.1) is 6.61 Å². The van der Waals surface area contributed by atoms with E-state index in [1.165, 1.54) is 13.8 Å². The summed E-state index contributed by atoms with van der Waals surface area (Å²) >= 11 is 0. The van der Waals surface area contributed by atoms with Crippen molar-refractivity contribution in [3.63, 3.8) is 0 Å². The molecule has 0 aliphatic rings. The van der Waals surface area contributed by atoms with E-state index in [2.05, 4.69) is 5.32 Å². The van der Waals surface area contributed by atoms with Gasteiger partial charge in [0.2, 0.25) is 0 Å². The highest BCUT2D eigenvalue weighted by Gasteiger charge is 2.23. The van der Waals surface area contributed by atoms with Crippen LogP contribution in [0.25, 0.3) is 0 Å². The first-order valence-corrected chi connectivity index (χ1v) is 5.20. The summed E-state index contributed by atoms with van der Waals surface area (Å²) in [5.41, 5.74) is -0.778. The van der Waals surface area contributed by atoms with E-state index in [4.69, 9.17) is 4.74 Å². The number of carbonyl (C=O) groups is 1. The van der Waals surface area contributed by atoms with Gasteiger partial charge in [-0.05, 0) is 32.9 Å². The number of ether oxygens (including phenoxy) is 1. The van der Waals surface area contributed by atoms with Crippen molar-refractivity contribution < 1.29 is 14.6 Å². The number of hydrogen-bond acceptors (Lipinski definition) is 3. The molecule has 0 heterocycles. The maximum atomic E-state index is 11.5. The van der Waals surface area contributed by atoms with Crippen LogP contribution in [0.3, 0.4) is 0 Å². The zero-order valence-corrected chi connectivity index (χ0v) is 9.78. The number of benzene rings is 1. The van der Waals surface area contributed by atoms with Gasteiger partial charge in [-0.3, -0.25) is 4.79 Å². The summed E-state index contributed by atoms with van der Waals surface area (Å²) in [5, 5.41) is 12.1. The van der Waals surface area contributed by atoms with E-state index in [9.17, 15) is 9.90 Å². The molecule has 0 bridgehead atoms. The molecule has 0 saturated heterocycles. The van der Waals surface area contributed by atoms with E-state index in [0.717, 1.165) is 0 Å². The van der Waals surface area contributed by atoms with Crippen LogP contribution in [0.1, 0.15) is 20.8 Å². The fourth-order valence-corrected chi connectivity index (χ4v) is 1.11. The summed E-state index contributed by atoms with van der Waals surface area (Å²) in [5.74, 6) is 0.247. The Labute approximate surface area is 95.2 Å². The van der Waals surface area contributed by atoms with Crippen LogP contribution in [-0.2, 0) is 4.79 Å². The van der Waals surface area contributed by atoms with E-state index in [1.54, 1.807) is 18.2 Å². The second kappa shape index (κ2) is 4.99. The number of nitrogens with one attached hydrogen (secondary N) is 1. The van der Waals surface area contributed by atoms with Gasteiger partial charge in [-0.25, -0.2) is 0 Å². The van der Waals surface area contributed by atoms with Crippen LogP contribution in [0.2, 0.25) is 0 Å². The third-order valence-electron chi connectivity index (χ3n) is 1.96. The zero-order chi connectivity index (χ0) is 12.2. The predicted octanol–water partition coefficient (Wildman–Crippen LogP) is 1.79. The van der Waals surface area contributed by atoms with E-state index < -0.39 is 11.5 Å². The fourth-order valence-electron chi connectivity index (χ4n) is 1.11. The second-order valence-electron chi connectivity index (χ2n) is 3.97. The summed E-state index contributed by atoms with van der Waals surface area (Å²) in [6, 6.07) is 7.05. The summed E-state index contributed by atoms with van der Waals surface area (Å²) in [6.45, 7) is 5.34. The zero-order valence-electron chi connectivity index (χ0n) is 9.78. The molecule has 0 radical (unpaired) electrons. The first-order valence-electron chi connectivity index (χ1n) is 5.20. The third kappa shape index (κ3) is 3.55. The summed E-state index contributed by atoms with van der Waals surface area (Å²) in [6.07, 6.45) is 0. The SMILES string of the molecule is CCOc1cccc(NC(=O)C(C)(C)O)c1. The quantitative estimate of drug-likeness (QED) is 0.818. The Kier molecular flexibility index (Phi) is 3.90. The van der Waals surface area contributed by atoms with Gasteiger partial charge in [0, 0.05) is 11.8 Å². The molecular formula is C12H17NO3. The van der Waals surface area contributed by atoms with Crippen LogP contribution in [0.4, 0.5) is 5.69 Å². The minimum Gasteiger partial charge on any atom is -0.494 e. The van der Waals surface area contributed by atoms with E-state index >= 15 is 0 Å². The average molecular weight is 223 g/mol. The van der Waals surface area contributed by atoms with Gasteiger partial charge in [-0.15, -0.1) is 0 Å². The number of rotatable bonds is 4. The van der Waals surface area contributed by atoms with Crippen LogP contribution < -0.4 is 10.1 Å². The first kappa shape index (κ1) is 12.5. The molecule has 1 rings (SSSR count). The normalized spacial score (nSPS) is 11.0. The Bertz CT molecular complexity index is 369. The van der Waals surface area contributed by atoms with Crippen molar-refractivity contribution in [3.05, 3.63) is 24.3 Å². The van der Waals surface area contributed by atoms with Crippen molar-refractivity contribution in [1.82, 2.24) is 0 Å². The molecule has 0 unspecified atom stereocenters. The average Bonchev–Trinajstić information content (AvgIpc) is 2.17. The molecule has 16 heavy (non-hydrogen) atoms. The van der Waals surface area contributed by atoms with Gasteiger partial charge in [-0.1, -0.05) is 6.07 Å². The van der Waals surface area contributed by atoms with Gasteiger partial charge in [0.15, 0.2) is 0 Å². The minimum absolute atomic E-state index is 0.443. The van der Waals surface area contributed by atoms with Crippen LogP contribution in [0.5, 0.6) is 5.75 Å². The highest BCUT2D eigenvalue weighted by Crippen LogP contribution is 2.18. The standard InChI is InChI=1S/C12H17NO3/c1-4-16-10-7-5-6-9(8-10)13-11(14)12(2,3)15/h5-8,15H,4H2,1-3H3,(H,13,14). The molecule has 0 aliphatic heterocycles. The molecule has 0 aromatic heterocycles. The van der Waals surface area contributed by atoms with E-state index in [0.29, 0.717) is 18.0 Å². The minimum atomic E-state index is -1.39. The van der Waals surface area contributed by atoms with Gasteiger partial charge in [0.1, 0.15) is 11.4 Å². The van der Waals surface area contributed by atoms with Crippen molar-refractivity contribution in [2.45, 2.75) is 26.4 Å². The van der Waals surface area contributed by atoms with E-state index in [1.807, 2.05) is 13.0 Å². The Morgan fingerprint density at radius 2 is 2.19 bits per heavy atom. The van der Waals surface area contributed by atoms with Crippen molar-refractivity contribution in [3.8, 4) is 5.75 Å². The van der Waals surface area contributed by atoms with Crippen LogP contribution in [0.15, 0.2) is 24.3 Å². The largest absolute Gasteiger partial charge is 0.494 e. The number of hydrogen-bond donors (Lipinski definition) is 2. The summed E-state index contributed by atoms with van der Waals surface area (Å²) < 4.78 is 5.30. The molecule has 0 saturated carbocycles. The Balaban J connectivity index is 2.74. The van der Waals surface area contributed by atoms with Crippen molar-refractivity contribution in [1.29, 1.82) is 0 Å². The Morgan fingerprint density at radius 3 is 2.75 bits per heavy atom. The Morgan fingerprint density at radius 1 is 1.50 bits per heavy atom. The predicted molar refractivity (Wildman–Crippen MR) is 62.5 cm³/mol. The molecular weight excluding hydrogens is 206 g/mol. The lowest BCUT2D eigenvalue weighted by molar-refractivity contribution is -0.130.